The van der Waals surface area contributed by atoms with Gasteiger partial charge >= 0.3 is 5.97 Å². The van der Waals surface area contributed by atoms with Gasteiger partial charge in [0.2, 0.25) is 0 Å². The van der Waals surface area contributed by atoms with Crippen molar-refractivity contribution in [3.8, 4) is 0 Å². The summed E-state index contributed by atoms with van der Waals surface area (Å²) in [4.78, 5) is 37.5. The highest BCUT2D eigenvalue weighted by molar-refractivity contribution is 5.96. The van der Waals surface area contributed by atoms with Gasteiger partial charge in [-0.1, -0.05) is 39.0 Å². The molecule has 1 atom stereocenters. The first kappa shape index (κ1) is 21.6. The number of carbonyl (C=O) groups is 2. The second-order valence-electron chi connectivity index (χ2n) is 8.64. The molecule has 6 heteroatoms. The number of amides is 1. The first-order chi connectivity index (χ1) is 14.0. The number of carboxylic acids is 1. The molecule has 0 unspecified atom stereocenters. The Hall–Kier alpha value is -2.11. The lowest BCUT2D eigenvalue weighted by molar-refractivity contribution is -0.139. The molecule has 2 aliphatic rings. The molecule has 2 N–H and O–H groups in total. The second-order valence-corrected chi connectivity index (χ2v) is 8.64. The summed E-state index contributed by atoms with van der Waals surface area (Å²) in [6, 6.07) is 0.764. The molecule has 0 spiro atoms. The smallest absolute Gasteiger partial charge is 0.326 e. The van der Waals surface area contributed by atoms with E-state index < -0.39 is 17.9 Å². The Kier molecular flexibility index (Phi) is 7.51. The van der Waals surface area contributed by atoms with Gasteiger partial charge in [0.1, 0.15) is 11.6 Å². The van der Waals surface area contributed by atoms with Crippen molar-refractivity contribution >= 4 is 11.9 Å². The van der Waals surface area contributed by atoms with Crippen LogP contribution in [0.4, 0.5) is 0 Å². The molecule has 0 saturated heterocycles. The van der Waals surface area contributed by atoms with Crippen LogP contribution in [-0.4, -0.2) is 27.6 Å². The van der Waals surface area contributed by atoms with Crippen LogP contribution < -0.4 is 10.9 Å². The topological polar surface area (TPSA) is 88.4 Å². The van der Waals surface area contributed by atoms with Crippen molar-refractivity contribution in [2.24, 2.45) is 5.92 Å². The van der Waals surface area contributed by atoms with E-state index in [0.717, 1.165) is 49.8 Å². The van der Waals surface area contributed by atoms with Crippen LogP contribution in [0.2, 0.25) is 0 Å². The van der Waals surface area contributed by atoms with E-state index in [4.69, 9.17) is 0 Å². The van der Waals surface area contributed by atoms with Gasteiger partial charge in [0, 0.05) is 12.2 Å². The molecule has 3 rings (SSSR count). The Labute approximate surface area is 172 Å². The van der Waals surface area contributed by atoms with Crippen molar-refractivity contribution in [1.29, 1.82) is 0 Å². The van der Waals surface area contributed by atoms with Gasteiger partial charge in [0.05, 0.1) is 0 Å². The van der Waals surface area contributed by atoms with Crippen LogP contribution in [0, 0.1) is 5.92 Å². The number of rotatable bonds is 6. The number of aromatic nitrogens is 1. The van der Waals surface area contributed by atoms with Gasteiger partial charge in [0.15, 0.2) is 0 Å². The number of hydrogen-bond acceptors (Lipinski definition) is 3. The quantitative estimate of drug-likeness (QED) is 0.760. The highest BCUT2D eigenvalue weighted by Gasteiger charge is 2.25. The predicted molar refractivity (Wildman–Crippen MR) is 112 cm³/mol. The molecule has 0 aromatic carbocycles. The van der Waals surface area contributed by atoms with E-state index in [9.17, 15) is 19.5 Å². The molecule has 0 radical (unpaired) electrons. The van der Waals surface area contributed by atoms with Crippen LogP contribution in [0.15, 0.2) is 10.9 Å². The molecule has 6 nitrogen and oxygen atoms in total. The summed E-state index contributed by atoms with van der Waals surface area (Å²) in [7, 11) is 0. The standard InChI is InChI=1S/C23H34N2O4/c1-2-19(23(28)29)24-21(26)18-14-17-12-8-3-4-9-13-20(17)25(22(18)27)15-16-10-6-5-7-11-16/h14,16,19H,2-13,15H2,1H3,(H,24,26)(H,28,29)/t19-/m1/s1. The fourth-order valence-electron chi connectivity index (χ4n) is 4.79. The molecule has 1 aromatic heterocycles. The van der Waals surface area contributed by atoms with E-state index in [-0.39, 0.29) is 17.5 Å². The summed E-state index contributed by atoms with van der Waals surface area (Å²) in [6.45, 7) is 2.39. The van der Waals surface area contributed by atoms with Gasteiger partial charge in [-0.05, 0) is 62.5 Å². The van der Waals surface area contributed by atoms with E-state index in [0.29, 0.717) is 12.5 Å². The number of nitrogens with zero attached hydrogens (tertiary/aromatic N) is 1. The van der Waals surface area contributed by atoms with Gasteiger partial charge in [-0.15, -0.1) is 0 Å². The van der Waals surface area contributed by atoms with E-state index in [1.54, 1.807) is 13.0 Å². The van der Waals surface area contributed by atoms with Gasteiger partial charge < -0.3 is 15.0 Å². The lowest BCUT2D eigenvalue weighted by atomic mass is 9.88. The summed E-state index contributed by atoms with van der Waals surface area (Å²) in [5.74, 6) is -1.15. The zero-order valence-corrected chi connectivity index (χ0v) is 17.5. The number of aryl methyl sites for hydroxylation is 1. The molecule has 0 aliphatic heterocycles. The maximum absolute atomic E-state index is 13.3. The minimum Gasteiger partial charge on any atom is -0.480 e. The number of nitrogens with one attached hydrogen (secondary N) is 1. The third-order valence-corrected chi connectivity index (χ3v) is 6.52. The molecule has 0 bridgehead atoms. The van der Waals surface area contributed by atoms with E-state index in [1.165, 1.54) is 32.1 Å². The van der Waals surface area contributed by atoms with Gasteiger partial charge in [0.25, 0.3) is 11.5 Å². The Morgan fingerprint density at radius 2 is 1.76 bits per heavy atom. The monoisotopic (exact) mass is 402 g/mol. The van der Waals surface area contributed by atoms with Crippen LogP contribution in [0.25, 0.3) is 0 Å². The number of carbonyl (C=O) groups excluding carboxylic acids is 1. The summed E-state index contributed by atoms with van der Waals surface area (Å²) < 4.78 is 1.87. The minimum absolute atomic E-state index is 0.0971. The average molecular weight is 403 g/mol. The summed E-state index contributed by atoms with van der Waals surface area (Å²) in [5, 5.41) is 11.8. The molecule has 1 saturated carbocycles. The predicted octanol–water partition coefficient (Wildman–Crippen LogP) is 3.68. The third-order valence-electron chi connectivity index (χ3n) is 6.52. The minimum atomic E-state index is -1.07. The second kappa shape index (κ2) is 10.1. The number of pyridine rings is 1. The highest BCUT2D eigenvalue weighted by Crippen LogP contribution is 2.27. The third kappa shape index (κ3) is 5.28. The Morgan fingerprint density at radius 3 is 2.41 bits per heavy atom. The van der Waals surface area contributed by atoms with Gasteiger partial charge in [-0.3, -0.25) is 9.59 Å². The largest absolute Gasteiger partial charge is 0.480 e. The number of fused-ring (bicyclic) bond motifs is 1. The Bertz CT molecular complexity index is 793. The zero-order chi connectivity index (χ0) is 20.8. The molecule has 2 aliphatic carbocycles. The highest BCUT2D eigenvalue weighted by atomic mass is 16.4. The van der Waals surface area contributed by atoms with Crippen molar-refractivity contribution in [3.05, 3.63) is 33.2 Å². The zero-order valence-electron chi connectivity index (χ0n) is 17.5. The Morgan fingerprint density at radius 1 is 1.10 bits per heavy atom. The van der Waals surface area contributed by atoms with Crippen molar-refractivity contribution < 1.29 is 14.7 Å². The van der Waals surface area contributed by atoms with Crippen LogP contribution in [0.1, 0.15) is 92.7 Å². The summed E-state index contributed by atoms with van der Waals surface area (Å²) in [5.41, 5.74) is 2.03. The summed E-state index contributed by atoms with van der Waals surface area (Å²) in [6.07, 6.45) is 12.4. The first-order valence-electron chi connectivity index (χ1n) is 11.3. The molecule has 160 valence electrons. The van der Waals surface area contributed by atoms with E-state index in [1.807, 2.05) is 4.57 Å². The Balaban J connectivity index is 1.98. The summed E-state index contributed by atoms with van der Waals surface area (Å²) >= 11 is 0. The number of hydrogen-bond donors (Lipinski definition) is 2. The van der Waals surface area contributed by atoms with Crippen LogP contribution in [0.3, 0.4) is 0 Å². The number of aliphatic carboxylic acids is 1. The lowest BCUT2D eigenvalue weighted by Crippen LogP contribution is -2.43. The molecule has 1 heterocycles. The molecule has 29 heavy (non-hydrogen) atoms. The average Bonchev–Trinajstić information content (AvgIpc) is 2.69. The van der Waals surface area contributed by atoms with Crippen molar-refractivity contribution in [2.45, 2.75) is 96.6 Å². The molecular formula is C23H34N2O4. The van der Waals surface area contributed by atoms with Crippen molar-refractivity contribution in [2.75, 3.05) is 0 Å². The maximum Gasteiger partial charge on any atom is 0.326 e. The SMILES string of the molecule is CC[C@@H](NC(=O)c1cc2c(n(CC3CCCCC3)c1=O)CCCCCC2)C(=O)O. The maximum atomic E-state index is 13.3. The van der Waals surface area contributed by atoms with Gasteiger partial charge in [-0.25, -0.2) is 4.79 Å². The van der Waals surface area contributed by atoms with Crippen LogP contribution in [-0.2, 0) is 24.2 Å². The fraction of sp³-hybridized carbons (Fsp3) is 0.696. The van der Waals surface area contributed by atoms with E-state index >= 15 is 0 Å². The van der Waals surface area contributed by atoms with E-state index in [2.05, 4.69) is 5.32 Å². The van der Waals surface area contributed by atoms with Crippen LogP contribution in [0.5, 0.6) is 0 Å². The molecule has 1 fully saturated rings. The van der Waals surface area contributed by atoms with Crippen molar-refractivity contribution in [3.63, 3.8) is 0 Å². The van der Waals surface area contributed by atoms with Crippen LogP contribution >= 0.6 is 0 Å². The first-order valence-corrected chi connectivity index (χ1v) is 11.3. The van der Waals surface area contributed by atoms with Gasteiger partial charge in [-0.2, -0.15) is 0 Å². The number of carboxylic acid groups (broad SMARTS) is 1. The lowest BCUT2D eigenvalue weighted by Gasteiger charge is -2.27. The normalized spacial score (nSPS) is 18.9. The molecular weight excluding hydrogens is 368 g/mol. The fourth-order valence-corrected chi connectivity index (χ4v) is 4.79. The molecule has 1 aromatic rings. The molecule has 1 amide bonds. The van der Waals surface area contributed by atoms with Crippen molar-refractivity contribution in [1.82, 2.24) is 9.88 Å².